The second kappa shape index (κ2) is 7.40. The van der Waals surface area contributed by atoms with E-state index in [-0.39, 0.29) is 11.2 Å². The van der Waals surface area contributed by atoms with Crippen LogP contribution in [0.1, 0.15) is 45.4 Å². The van der Waals surface area contributed by atoms with Crippen LogP contribution in [0.4, 0.5) is 0 Å². The van der Waals surface area contributed by atoms with Gasteiger partial charge in [-0.15, -0.1) is 0 Å². The number of hydrogen-bond donors (Lipinski definition) is 2. The maximum Gasteiger partial charge on any atom is 0.211 e. The number of nitrogens with one attached hydrogen (secondary N) is 2. The van der Waals surface area contributed by atoms with Crippen LogP contribution in [0, 0.1) is 5.41 Å². The van der Waals surface area contributed by atoms with Crippen molar-refractivity contribution in [2.75, 3.05) is 39.0 Å². The van der Waals surface area contributed by atoms with Crippen molar-refractivity contribution in [3.63, 3.8) is 0 Å². The molecule has 2 rings (SSSR count). The summed E-state index contributed by atoms with van der Waals surface area (Å²) in [6, 6.07) is 0.384. The quantitative estimate of drug-likeness (QED) is 0.772. The third-order valence-electron chi connectivity index (χ3n) is 5.06. The fourth-order valence-electron chi connectivity index (χ4n) is 3.16. The molecule has 21 heavy (non-hydrogen) atoms. The minimum Gasteiger partial charge on any atom is -0.314 e. The van der Waals surface area contributed by atoms with E-state index in [9.17, 15) is 8.42 Å². The van der Waals surface area contributed by atoms with Crippen LogP contribution in [0.3, 0.4) is 0 Å². The van der Waals surface area contributed by atoms with E-state index < -0.39 is 10.0 Å². The van der Waals surface area contributed by atoms with Gasteiger partial charge in [-0.3, -0.25) is 0 Å². The molecule has 2 aliphatic rings. The summed E-state index contributed by atoms with van der Waals surface area (Å²) in [5, 5.41) is 3.41. The molecule has 0 saturated carbocycles. The Labute approximate surface area is 129 Å². The fourth-order valence-corrected chi connectivity index (χ4v) is 4.47. The van der Waals surface area contributed by atoms with Crippen LogP contribution in [0.2, 0.25) is 0 Å². The lowest BCUT2D eigenvalue weighted by atomic mass is 9.81. The number of rotatable bonds is 6. The number of piperidine rings is 2. The monoisotopic (exact) mass is 317 g/mol. The zero-order valence-electron chi connectivity index (χ0n) is 13.5. The molecule has 1 atom stereocenters. The van der Waals surface area contributed by atoms with Crippen molar-refractivity contribution in [1.82, 2.24) is 14.9 Å². The number of nitrogens with zero attached hydrogens (tertiary/aromatic N) is 1. The minimum absolute atomic E-state index is 0.114. The van der Waals surface area contributed by atoms with Gasteiger partial charge in [-0.25, -0.2) is 13.1 Å². The lowest BCUT2D eigenvalue weighted by Gasteiger charge is -2.37. The van der Waals surface area contributed by atoms with Gasteiger partial charge in [0.25, 0.3) is 0 Å². The molecular weight excluding hydrogens is 286 g/mol. The van der Waals surface area contributed by atoms with Crippen molar-refractivity contribution in [3.8, 4) is 0 Å². The Morgan fingerprint density at radius 3 is 2.62 bits per heavy atom. The zero-order chi connectivity index (χ0) is 15.3. The van der Waals surface area contributed by atoms with Crippen LogP contribution in [0.25, 0.3) is 0 Å². The highest BCUT2D eigenvalue weighted by Crippen LogP contribution is 2.29. The van der Waals surface area contributed by atoms with E-state index in [2.05, 4.69) is 28.9 Å². The Bertz CT molecular complexity index is 411. The van der Waals surface area contributed by atoms with Crippen LogP contribution < -0.4 is 10.0 Å². The second-order valence-electron chi connectivity index (χ2n) is 7.19. The molecule has 0 aromatic carbocycles. The van der Waals surface area contributed by atoms with Gasteiger partial charge in [-0.1, -0.05) is 13.3 Å². The summed E-state index contributed by atoms with van der Waals surface area (Å²) in [4.78, 5) is 2.31. The van der Waals surface area contributed by atoms with Crippen molar-refractivity contribution in [1.29, 1.82) is 0 Å². The van der Waals surface area contributed by atoms with Crippen LogP contribution in [0.15, 0.2) is 0 Å². The highest BCUT2D eigenvalue weighted by Gasteiger charge is 2.30. The van der Waals surface area contributed by atoms with E-state index in [1.165, 1.54) is 12.8 Å². The molecule has 0 aromatic rings. The molecular formula is C15H31N3O2S. The van der Waals surface area contributed by atoms with E-state index in [0.717, 1.165) is 45.3 Å². The van der Waals surface area contributed by atoms with Gasteiger partial charge in [0.15, 0.2) is 0 Å². The highest BCUT2D eigenvalue weighted by molar-refractivity contribution is 7.89. The smallest absolute Gasteiger partial charge is 0.211 e. The SMILES string of the molecule is CN1CCC(C)(CNS(=O)(=O)CCC2CCCCN2)CC1. The molecule has 0 aliphatic carbocycles. The normalized spacial score (nSPS) is 27.6. The van der Waals surface area contributed by atoms with Crippen LogP contribution >= 0.6 is 0 Å². The number of sulfonamides is 1. The van der Waals surface area contributed by atoms with Crippen molar-refractivity contribution >= 4 is 10.0 Å². The highest BCUT2D eigenvalue weighted by atomic mass is 32.2. The lowest BCUT2D eigenvalue weighted by Crippen LogP contribution is -2.44. The molecule has 0 aromatic heterocycles. The Kier molecular flexibility index (Phi) is 6.05. The molecule has 0 radical (unpaired) electrons. The molecule has 0 bridgehead atoms. The van der Waals surface area contributed by atoms with Gasteiger partial charge >= 0.3 is 0 Å². The van der Waals surface area contributed by atoms with E-state index in [4.69, 9.17) is 0 Å². The molecule has 2 N–H and O–H groups in total. The van der Waals surface area contributed by atoms with Crippen molar-refractivity contribution < 1.29 is 8.42 Å². The van der Waals surface area contributed by atoms with E-state index in [0.29, 0.717) is 12.6 Å². The summed E-state index contributed by atoms with van der Waals surface area (Å²) in [5.74, 6) is 0.251. The van der Waals surface area contributed by atoms with E-state index >= 15 is 0 Å². The molecule has 2 fully saturated rings. The maximum absolute atomic E-state index is 12.2. The molecule has 5 nitrogen and oxygen atoms in total. The van der Waals surface area contributed by atoms with Gasteiger partial charge in [0.05, 0.1) is 5.75 Å². The first-order valence-electron chi connectivity index (χ1n) is 8.28. The zero-order valence-corrected chi connectivity index (χ0v) is 14.3. The minimum atomic E-state index is -3.14. The first-order chi connectivity index (χ1) is 9.89. The van der Waals surface area contributed by atoms with Crippen molar-refractivity contribution in [2.24, 2.45) is 5.41 Å². The average Bonchev–Trinajstić information content (AvgIpc) is 2.48. The predicted octanol–water partition coefficient (Wildman–Crippen LogP) is 1.17. The van der Waals surface area contributed by atoms with Crippen LogP contribution in [0.5, 0.6) is 0 Å². The summed E-state index contributed by atoms with van der Waals surface area (Å²) < 4.78 is 27.2. The summed E-state index contributed by atoms with van der Waals surface area (Å²) in [7, 11) is -1.01. The maximum atomic E-state index is 12.2. The van der Waals surface area contributed by atoms with Crippen LogP contribution in [-0.4, -0.2) is 58.3 Å². The predicted molar refractivity (Wildman–Crippen MR) is 86.9 cm³/mol. The first kappa shape index (κ1) is 17.2. The number of hydrogen-bond acceptors (Lipinski definition) is 4. The summed E-state index contributed by atoms with van der Waals surface area (Å²) in [6.45, 7) is 5.94. The Morgan fingerprint density at radius 2 is 2.00 bits per heavy atom. The molecule has 0 amide bonds. The van der Waals surface area contributed by atoms with Gasteiger partial charge in [0, 0.05) is 12.6 Å². The lowest BCUT2D eigenvalue weighted by molar-refractivity contribution is 0.143. The van der Waals surface area contributed by atoms with Crippen LogP contribution in [-0.2, 0) is 10.0 Å². The topological polar surface area (TPSA) is 61.4 Å². The van der Waals surface area contributed by atoms with Gasteiger partial charge in [-0.05, 0) is 64.2 Å². The second-order valence-corrected chi connectivity index (χ2v) is 9.12. The Morgan fingerprint density at radius 1 is 1.29 bits per heavy atom. The first-order valence-corrected chi connectivity index (χ1v) is 9.93. The van der Waals surface area contributed by atoms with Crippen molar-refractivity contribution in [3.05, 3.63) is 0 Å². The molecule has 2 aliphatic heterocycles. The molecule has 6 heteroatoms. The van der Waals surface area contributed by atoms with Gasteiger partial charge in [0.2, 0.25) is 10.0 Å². The molecule has 1 unspecified atom stereocenters. The summed E-state index contributed by atoms with van der Waals surface area (Å²) >= 11 is 0. The standard InChI is InChI=1S/C15H31N3O2S/c1-15(7-10-18(2)11-8-15)13-17-21(19,20)12-6-14-5-3-4-9-16-14/h14,16-17H,3-13H2,1-2H3. The largest absolute Gasteiger partial charge is 0.314 e. The third-order valence-corrected chi connectivity index (χ3v) is 6.42. The molecule has 124 valence electrons. The molecule has 0 spiro atoms. The molecule has 2 saturated heterocycles. The van der Waals surface area contributed by atoms with E-state index in [1.54, 1.807) is 0 Å². The van der Waals surface area contributed by atoms with Gasteiger partial charge in [-0.2, -0.15) is 0 Å². The third kappa shape index (κ3) is 5.85. The van der Waals surface area contributed by atoms with E-state index in [1.807, 2.05) is 0 Å². The Balaban J connectivity index is 1.73. The fraction of sp³-hybridized carbons (Fsp3) is 1.00. The Hall–Kier alpha value is -0.170. The molecule has 2 heterocycles. The van der Waals surface area contributed by atoms with Gasteiger partial charge in [0.1, 0.15) is 0 Å². The summed E-state index contributed by atoms with van der Waals surface area (Å²) in [5.41, 5.74) is 0.114. The average molecular weight is 317 g/mol. The number of likely N-dealkylation sites (tertiary alicyclic amines) is 1. The van der Waals surface area contributed by atoms with Gasteiger partial charge < -0.3 is 10.2 Å². The van der Waals surface area contributed by atoms with Crippen molar-refractivity contribution in [2.45, 2.75) is 51.5 Å². The summed E-state index contributed by atoms with van der Waals surface area (Å²) in [6.07, 6.45) is 6.41.